The van der Waals surface area contributed by atoms with E-state index in [0.717, 1.165) is 11.1 Å². The summed E-state index contributed by atoms with van der Waals surface area (Å²) in [4.78, 5) is 35.3. The van der Waals surface area contributed by atoms with E-state index in [1.54, 1.807) is 19.1 Å². The fourth-order valence-corrected chi connectivity index (χ4v) is 2.25. The van der Waals surface area contributed by atoms with Gasteiger partial charge in [0, 0.05) is 12.6 Å². The summed E-state index contributed by atoms with van der Waals surface area (Å²) < 4.78 is 5.14. The van der Waals surface area contributed by atoms with Gasteiger partial charge < -0.3 is 10.1 Å². The number of carbonyl (C=O) groups excluding carboxylic acids is 3. The van der Waals surface area contributed by atoms with Gasteiger partial charge in [0.2, 0.25) is 0 Å². The molecule has 0 bridgehead atoms. The average Bonchev–Trinajstić information content (AvgIpc) is 2.67. The Morgan fingerprint density at radius 1 is 1.12 bits per heavy atom. The smallest absolute Gasteiger partial charge is 0.411 e. The maximum Gasteiger partial charge on any atom is 0.411 e. The molecule has 138 valence electrons. The number of amides is 2. The number of aldehydes is 1. The van der Waals surface area contributed by atoms with Gasteiger partial charge in [-0.05, 0) is 30.2 Å². The van der Waals surface area contributed by atoms with Crippen molar-refractivity contribution >= 4 is 24.0 Å². The van der Waals surface area contributed by atoms with Gasteiger partial charge in [-0.1, -0.05) is 44.2 Å². The fourth-order valence-electron chi connectivity index (χ4n) is 2.25. The molecule has 2 amide bonds. The molecular weight excluding hydrogens is 332 g/mol. The summed E-state index contributed by atoms with van der Waals surface area (Å²) in [6.07, 6.45) is -0.121. The molecule has 2 N–H and O–H groups in total. The van der Waals surface area contributed by atoms with E-state index < -0.39 is 12.0 Å². The van der Waals surface area contributed by atoms with E-state index >= 15 is 0 Å². The molecule has 0 saturated heterocycles. The van der Waals surface area contributed by atoms with E-state index in [0.29, 0.717) is 6.29 Å². The SMILES string of the molecule is CC.CNC(=O)c1c(C=O)cc(C)cc1NC(=O)OCc1ccccc1. The van der Waals surface area contributed by atoms with Gasteiger partial charge in [0.25, 0.3) is 5.91 Å². The lowest BCUT2D eigenvalue weighted by Gasteiger charge is -2.13. The first-order valence-corrected chi connectivity index (χ1v) is 8.34. The zero-order valence-corrected chi connectivity index (χ0v) is 15.5. The van der Waals surface area contributed by atoms with Gasteiger partial charge in [0.15, 0.2) is 6.29 Å². The van der Waals surface area contributed by atoms with E-state index in [4.69, 9.17) is 4.74 Å². The van der Waals surface area contributed by atoms with Gasteiger partial charge in [-0.2, -0.15) is 0 Å². The number of carbonyl (C=O) groups is 3. The van der Waals surface area contributed by atoms with Crippen LogP contribution in [0.2, 0.25) is 0 Å². The van der Waals surface area contributed by atoms with Gasteiger partial charge in [-0.25, -0.2) is 4.79 Å². The third-order valence-electron chi connectivity index (χ3n) is 3.34. The maximum absolute atomic E-state index is 12.0. The van der Waals surface area contributed by atoms with Gasteiger partial charge in [0.1, 0.15) is 6.61 Å². The molecule has 2 aromatic carbocycles. The normalized spacial score (nSPS) is 9.38. The lowest BCUT2D eigenvalue weighted by Crippen LogP contribution is -2.23. The van der Waals surface area contributed by atoms with Crippen LogP contribution in [0, 0.1) is 6.92 Å². The molecule has 0 unspecified atom stereocenters. The largest absolute Gasteiger partial charge is 0.444 e. The standard InChI is InChI=1S/C18H18N2O4.C2H6/c1-12-8-14(10-21)16(17(22)19-2)15(9-12)20-18(23)24-11-13-6-4-3-5-7-13;1-2/h3-10H,11H2,1-2H3,(H,19,22)(H,20,23);1-2H3. The number of rotatable bonds is 5. The van der Waals surface area contributed by atoms with Crippen molar-refractivity contribution in [2.75, 3.05) is 12.4 Å². The Bertz CT molecular complexity index is 758. The van der Waals surface area contributed by atoms with Crippen molar-refractivity contribution in [2.24, 2.45) is 0 Å². The summed E-state index contributed by atoms with van der Waals surface area (Å²) in [5.41, 5.74) is 2.12. The second kappa shape index (κ2) is 10.7. The second-order valence-corrected chi connectivity index (χ2v) is 5.16. The lowest BCUT2D eigenvalue weighted by molar-refractivity contribution is 0.0958. The van der Waals surface area contributed by atoms with E-state index in [2.05, 4.69) is 10.6 Å². The summed E-state index contributed by atoms with van der Waals surface area (Å²) in [5, 5.41) is 4.99. The highest BCUT2D eigenvalue weighted by molar-refractivity contribution is 6.08. The topological polar surface area (TPSA) is 84.5 Å². The highest BCUT2D eigenvalue weighted by Gasteiger charge is 2.18. The third kappa shape index (κ3) is 5.73. The number of aryl methyl sites for hydroxylation is 1. The fraction of sp³-hybridized carbons (Fsp3) is 0.250. The first-order valence-electron chi connectivity index (χ1n) is 8.34. The monoisotopic (exact) mass is 356 g/mol. The van der Waals surface area contributed by atoms with Crippen molar-refractivity contribution in [3.05, 3.63) is 64.7 Å². The van der Waals surface area contributed by atoms with E-state index in [9.17, 15) is 14.4 Å². The molecule has 0 aliphatic rings. The minimum atomic E-state index is -0.702. The van der Waals surface area contributed by atoms with Crippen molar-refractivity contribution in [2.45, 2.75) is 27.4 Å². The molecule has 6 heteroatoms. The summed E-state index contributed by atoms with van der Waals surface area (Å²) in [6.45, 7) is 5.87. The molecule has 0 atom stereocenters. The van der Waals surface area contributed by atoms with Crippen LogP contribution in [0.3, 0.4) is 0 Å². The number of benzene rings is 2. The Balaban J connectivity index is 0.00000163. The molecule has 6 nitrogen and oxygen atoms in total. The quantitative estimate of drug-likeness (QED) is 0.795. The number of hydrogen-bond donors (Lipinski definition) is 2. The van der Waals surface area contributed by atoms with E-state index in [-0.39, 0.29) is 23.4 Å². The van der Waals surface area contributed by atoms with Gasteiger partial charge >= 0.3 is 6.09 Å². The molecule has 26 heavy (non-hydrogen) atoms. The van der Waals surface area contributed by atoms with Crippen LogP contribution >= 0.6 is 0 Å². The molecule has 0 aliphatic heterocycles. The Morgan fingerprint density at radius 3 is 2.35 bits per heavy atom. The Morgan fingerprint density at radius 2 is 1.77 bits per heavy atom. The van der Waals surface area contributed by atoms with Crippen LogP contribution in [0.1, 0.15) is 45.7 Å². The molecule has 0 heterocycles. The van der Waals surface area contributed by atoms with Crippen LogP contribution in [0.15, 0.2) is 42.5 Å². The van der Waals surface area contributed by atoms with Crippen LogP contribution in [0.5, 0.6) is 0 Å². The number of nitrogens with one attached hydrogen (secondary N) is 2. The molecule has 2 rings (SSSR count). The van der Waals surface area contributed by atoms with Crippen molar-refractivity contribution in [3.63, 3.8) is 0 Å². The van der Waals surface area contributed by atoms with Crippen molar-refractivity contribution in [3.8, 4) is 0 Å². The minimum Gasteiger partial charge on any atom is -0.444 e. The molecule has 0 aliphatic carbocycles. The van der Waals surface area contributed by atoms with E-state index in [1.807, 2.05) is 44.2 Å². The van der Waals surface area contributed by atoms with Crippen LogP contribution in [0.4, 0.5) is 10.5 Å². The summed E-state index contributed by atoms with van der Waals surface area (Å²) in [5.74, 6) is -0.463. The number of anilines is 1. The zero-order valence-electron chi connectivity index (χ0n) is 15.5. The first-order chi connectivity index (χ1) is 12.5. The highest BCUT2D eigenvalue weighted by atomic mass is 16.5. The zero-order chi connectivity index (χ0) is 19.5. The third-order valence-corrected chi connectivity index (χ3v) is 3.34. The summed E-state index contributed by atoms with van der Waals surface area (Å²) >= 11 is 0. The molecular formula is C20H24N2O4. The van der Waals surface area contributed by atoms with Crippen molar-refractivity contribution in [1.82, 2.24) is 5.32 Å². The van der Waals surface area contributed by atoms with Crippen LogP contribution in [-0.4, -0.2) is 25.3 Å². The Hall–Kier alpha value is -3.15. The average molecular weight is 356 g/mol. The van der Waals surface area contributed by atoms with Gasteiger partial charge in [-0.15, -0.1) is 0 Å². The summed E-state index contributed by atoms with van der Waals surface area (Å²) in [6, 6.07) is 12.4. The first kappa shape index (κ1) is 20.9. The van der Waals surface area contributed by atoms with Crippen LogP contribution in [0.25, 0.3) is 0 Å². The predicted octanol–water partition coefficient (Wildman–Crippen LogP) is 3.94. The predicted molar refractivity (Wildman–Crippen MR) is 102 cm³/mol. The maximum atomic E-state index is 12.0. The Labute approximate surface area is 153 Å². The molecule has 0 spiro atoms. The van der Waals surface area contributed by atoms with Gasteiger partial charge in [-0.3, -0.25) is 14.9 Å². The van der Waals surface area contributed by atoms with Crippen LogP contribution in [-0.2, 0) is 11.3 Å². The van der Waals surface area contributed by atoms with Gasteiger partial charge in [0.05, 0.1) is 11.3 Å². The summed E-state index contributed by atoms with van der Waals surface area (Å²) in [7, 11) is 1.45. The molecule has 0 radical (unpaired) electrons. The highest BCUT2D eigenvalue weighted by Crippen LogP contribution is 2.22. The molecule has 0 saturated carbocycles. The van der Waals surface area contributed by atoms with Crippen LogP contribution < -0.4 is 10.6 Å². The van der Waals surface area contributed by atoms with E-state index in [1.165, 1.54) is 7.05 Å². The van der Waals surface area contributed by atoms with Crippen molar-refractivity contribution < 1.29 is 19.1 Å². The lowest BCUT2D eigenvalue weighted by atomic mass is 10.0. The number of hydrogen-bond acceptors (Lipinski definition) is 4. The second-order valence-electron chi connectivity index (χ2n) is 5.16. The minimum absolute atomic E-state index is 0.105. The molecule has 0 aromatic heterocycles. The van der Waals surface area contributed by atoms with Crippen molar-refractivity contribution in [1.29, 1.82) is 0 Å². The Kier molecular flexibility index (Phi) is 8.57. The molecule has 2 aromatic rings. The number of ether oxygens (including phenoxy) is 1. The molecule has 0 fully saturated rings.